The van der Waals surface area contributed by atoms with Crippen LogP contribution in [0.5, 0.6) is 5.75 Å². The van der Waals surface area contributed by atoms with E-state index in [0.717, 1.165) is 47.4 Å². The van der Waals surface area contributed by atoms with Crippen LogP contribution in [0.2, 0.25) is 0 Å². The van der Waals surface area contributed by atoms with E-state index < -0.39 is 18.3 Å². The van der Waals surface area contributed by atoms with Crippen molar-refractivity contribution in [3.05, 3.63) is 65.4 Å². The molecule has 3 aromatic rings. The van der Waals surface area contributed by atoms with Crippen molar-refractivity contribution in [3.8, 4) is 5.75 Å². The first-order valence-electron chi connectivity index (χ1n) is 9.52. The van der Waals surface area contributed by atoms with Gasteiger partial charge in [0.05, 0.1) is 12.4 Å². The van der Waals surface area contributed by atoms with Crippen molar-refractivity contribution < 1.29 is 19.4 Å². The van der Waals surface area contributed by atoms with E-state index in [-0.39, 0.29) is 5.92 Å². The molecule has 5 nitrogen and oxygen atoms in total. The number of aliphatic hydroxyl groups is 2. The standard InChI is InChI=1S/C22H23NO4/c24-21-16(14-4-5-18-15(10-14)7-9-26-18)11-20(22(21)25)27-19-3-1-2-13-6-8-23-12-17(13)19/h1-5,7,9-10,16,20-25H,6,8,11-12H2/t16-,20-,21?,22?/m0/s1. The van der Waals surface area contributed by atoms with Crippen LogP contribution >= 0.6 is 0 Å². The summed E-state index contributed by atoms with van der Waals surface area (Å²) in [6, 6.07) is 13.9. The van der Waals surface area contributed by atoms with Crippen LogP contribution in [0.3, 0.4) is 0 Å². The summed E-state index contributed by atoms with van der Waals surface area (Å²) in [6.07, 6.45) is 1.02. The van der Waals surface area contributed by atoms with Crippen LogP contribution in [0.1, 0.15) is 29.0 Å². The highest BCUT2D eigenvalue weighted by atomic mass is 16.5. The fourth-order valence-electron chi connectivity index (χ4n) is 4.41. The number of furan rings is 1. The van der Waals surface area contributed by atoms with Gasteiger partial charge in [-0.3, -0.25) is 0 Å². The topological polar surface area (TPSA) is 74.9 Å². The molecule has 2 heterocycles. The zero-order chi connectivity index (χ0) is 18.4. The van der Waals surface area contributed by atoms with Gasteiger partial charge in [-0.2, -0.15) is 0 Å². The summed E-state index contributed by atoms with van der Waals surface area (Å²) in [7, 11) is 0. The van der Waals surface area contributed by atoms with Crippen molar-refractivity contribution in [1.82, 2.24) is 5.32 Å². The van der Waals surface area contributed by atoms with Crippen LogP contribution in [-0.4, -0.2) is 35.1 Å². The van der Waals surface area contributed by atoms with Gasteiger partial charge < -0.3 is 24.7 Å². The first-order valence-corrected chi connectivity index (χ1v) is 9.52. The summed E-state index contributed by atoms with van der Waals surface area (Å²) in [5.74, 6) is 0.642. The molecule has 1 aliphatic carbocycles. The number of aliphatic hydroxyl groups excluding tert-OH is 2. The van der Waals surface area contributed by atoms with E-state index in [2.05, 4.69) is 11.4 Å². The molecule has 5 rings (SSSR count). The molecular formula is C22H23NO4. The zero-order valence-electron chi connectivity index (χ0n) is 15.0. The molecule has 1 aliphatic heterocycles. The average Bonchev–Trinajstić information content (AvgIpc) is 3.28. The van der Waals surface area contributed by atoms with E-state index in [1.54, 1.807) is 6.26 Å². The van der Waals surface area contributed by atoms with Crippen molar-refractivity contribution in [2.24, 2.45) is 0 Å². The Balaban J connectivity index is 1.40. The van der Waals surface area contributed by atoms with Gasteiger partial charge in [-0.25, -0.2) is 0 Å². The summed E-state index contributed by atoms with van der Waals surface area (Å²) in [6.45, 7) is 1.75. The normalized spacial score (nSPS) is 27.6. The molecule has 1 fully saturated rings. The average molecular weight is 365 g/mol. The minimum atomic E-state index is -0.914. The van der Waals surface area contributed by atoms with Crippen LogP contribution in [-0.2, 0) is 13.0 Å². The lowest BCUT2D eigenvalue weighted by Crippen LogP contribution is -2.34. The van der Waals surface area contributed by atoms with E-state index in [1.165, 1.54) is 5.56 Å². The van der Waals surface area contributed by atoms with Crippen LogP contribution in [0.15, 0.2) is 53.1 Å². The molecule has 5 heteroatoms. The number of fused-ring (bicyclic) bond motifs is 2. The predicted molar refractivity (Wildman–Crippen MR) is 102 cm³/mol. The molecule has 2 aromatic carbocycles. The number of hydrogen-bond donors (Lipinski definition) is 3. The molecular weight excluding hydrogens is 342 g/mol. The van der Waals surface area contributed by atoms with Crippen molar-refractivity contribution >= 4 is 11.0 Å². The zero-order valence-corrected chi connectivity index (χ0v) is 15.0. The van der Waals surface area contributed by atoms with E-state index in [0.29, 0.717) is 6.42 Å². The second kappa shape index (κ2) is 6.68. The number of hydrogen-bond acceptors (Lipinski definition) is 5. The van der Waals surface area contributed by atoms with Gasteiger partial charge in [-0.1, -0.05) is 18.2 Å². The SMILES string of the molecule is OC1C(O)[C@H](c2ccc3occc3c2)C[C@@H]1Oc1cccc2c1CNCC2. The van der Waals surface area contributed by atoms with Crippen LogP contribution in [0, 0.1) is 0 Å². The van der Waals surface area contributed by atoms with Crippen LogP contribution in [0.25, 0.3) is 11.0 Å². The minimum absolute atomic E-state index is 0.165. The molecule has 0 spiro atoms. The smallest absolute Gasteiger partial charge is 0.133 e. The monoisotopic (exact) mass is 365 g/mol. The third kappa shape index (κ3) is 2.92. The first kappa shape index (κ1) is 16.8. The molecule has 2 unspecified atom stereocenters. The molecule has 0 saturated heterocycles. The van der Waals surface area contributed by atoms with Gasteiger partial charge in [-0.05, 0) is 54.8 Å². The molecule has 1 saturated carbocycles. The predicted octanol–water partition coefficient (Wildman–Crippen LogP) is 2.74. The first-order chi connectivity index (χ1) is 13.2. The molecule has 2 aliphatic rings. The van der Waals surface area contributed by atoms with Crippen molar-refractivity contribution in [3.63, 3.8) is 0 Å². The van der Waals surface area contributed by atoms with Crippen molar-refractivity contribution in [2.45, 2.75) is 43.6 Å². The minimum Gasteiger partial charge on any atom is -0.487 e. The molecule has 0 amide bonds. The van der Waals surface area contributed by atoms with Gasteiger partial charge in [0.2, 0.25) is 0 Å². The molecule has 140 valence electrons. The van der Waals surface area contributed by atoms with Gasteiger partial charge >= 0.3 is 0 Å². The van der Waals surface area contributed by atoms with E-state index in [4.69, 9.17) is 9.15 Å². The molecule has 0 radical (unpaired) electrons. The quantitative estimate of drug-likeness (QED) is 0.665. The largest absolute Gasteiger partial charge is 0.487 e. The number of nitrogens with one attached hydrogen (secondary N) is 1. The second-order valence-corrected chi connectivity index (χ2v) is 7.52. The number of rotatable bonds is 3. The van der Waals surface area contributed by atoms with Gasteiger partial charge in [0.15, 0.2) is 0 Å². The summed E-state index contributed by atoms with van der Waals surface area (Å²) in [4.78, 5) is 0. The van der Waals surface area contributed by atoms with E-state index >= 15 is 0 Å². The molecule has 0 bridgehead atoms. The summed E-state index contributed by atoms with van der Waals surface area (Å²) < 4.78 is 11.6. The Kier molecular flexibility index (Phi) is 4.16. The summed E-state index contributed by atoms with van der Waals surface area (Å²) >= 11 is 0. The lowest BCUT2D eigenvalue weighted by Gasteiger charge is -2.24. The van der Waals surface area contributed by atoms with Crippen LogP contribution in [0.4, 0.5) is 0 Å². The fourth-order valence-corrected chi connectivity index (χ4v) is 4.41. The Bertz CT molecular complexity index is 966. The molecule has 3 N–H and O–H groups in total. The Morgan fingerprint density at radius 3 is 2.93 bits per heavy atom. The number of benzene rings is 2. The van der Waals surface area contributed by atoms with Crippen molar-refractivity contribution in [2.75, 3.05) is 6.54 Å². The van der Waals surface area contributed by atoms with Crippen molar-refractivity contribution in [1.29, 1.82) is 0 Å². The molecule has 27 heavy (non-hydrogen) atoms. The highest BCUT2D eigenvalue weighted by molar-refractivity contribution is 5.77. The van der Waals surface area contributed by atoms with E-state index in [9.17, 15) is 10.2 Å². The van der Waals surface area contributed by atoms with Crippen LogP contribution < -0.4 is 10.1 Å². The van der Waals surface area contributed by atoms with Gasteiger partial charge in [0.25, 0.3) is 0 Å². The lowest BCUT2D eigenvalue weighted by atomic mass is 9.94. The number of ether oxygens (including phenoxy) is 1. The Hall–Kier alpha value is -2.34. The summed E-state index contributed by atoms with van der Waals surface area (Å²) in [5.41, 5.74) is 4.27. The Labute approximate surface area is 157 Å². The second-order valence-electron chi connectivity index (χ2n) is 7.52. The fraction of sp³-hybridized carbons (Fsp3) is 0.364. The Morgan fingerprint density at radius 2 is 2.00 bits per heavy atom. The van der Waals surface area contributed by atoms with Gasteiger partial charge in [0.1, 0.15) is 23.5 Å². The lowest BCUT2D eigenvalue weighted by molar-refractivity contribution is -0.0123. The third-order valence-electron chi connectivity index (χ3n) is 5.92. The maximum absolute atomic E-state index is 10.7. The summed E-state index contributed by atoms with van der Waals surface area (Å²) in [5, 5.41) is 25.6. The molecule has 1 aromatic heterocycles. The van der Waals surface area contributed by atoms with E-state index in [1.807, 2.05) is 36.4 Å². The molecule has 4 atom stereocenters. The van der Waals surface area contributed by atoms with Gasteiger partial charge in [0, 0.05) is 23.4 Å². The van der Waals surface area contributed by atoms with Gasteiger partial charge in [-0.15, -0.1) is 0 Å². The Morgan fingerprint density at radius 1 is 1.07 bits per heavy atom. The maximum atomic E-state index is 10.7. The maximum Gasteiger partial charge on any atom is 0.133 e. The highest BCUT2D eigenvalue weighted by Crippen LogP contribution is 2.39. The highest BCUT2D eigenvalue weighted by Gasteiger charge is 2.44. The third-order valence-corrected chi connectivity index (χ3v) is 5.92.